The lowest BCUT2D eigenvalue weighted by Gasteiger charge is -2.46. The second-order valence-corrected chi connectivity index (χ2v) is 14.4. The summed E-state index contributed by atoms with van der Waals surface area (Å²) in [6, 6.07) is -0.924. The number of carbonyl (C=O) groups excluding carboxylic acids is 1. The van der Waals surface area contributed by atoms with E-state index < -0.39 is 86.8 Å². The van der Waals surface area contributed by atoms with Gasteiger partial charge in [0, 0.05) is 6.42 Å². The van der Waals surface area contributed by atoms with Crippen molar-refractivity contribution < 1.29 is 64.6 Å². The highest BCUT2D eigenvalue weighted by Gasteiger charge is 2.50. The highest BCUT2D eigenvalue weighted by molar-refractivity contribution is 5.76. The Morgan fingerprint density at radius 3 is 1.88 bits per heavy atom. The van der Waals surface area contributed by atoms with Gasteiger partial charge in [0.05, 0.1) is 32.0 Å². The molecular weight excluding hydrogens is 726 g/mol. The Bertz CT molecular complexity index is 1180. The lowest BCUT2D eigenvalue weighted by Crippen LogP contribution is -2.65. The largest absolute Gasteiger partial charge is 0.394 e. The molecule has 1 amide bonds. The molecule has 2 rings (SSSR count). The second kappa shape index (κ2) is 29.8. The quantitative estimate of drug-likeness (QED) is 0.0411. The van der Waals surface area contributed by atoms with Gasteiger partial charge in [0.15, 0.2) is 12.6 Å². The molecule has 2 aliphatic heterocycles. The minimum Gasteiger partial charge on any atom is -0.394 e. The maximum absolute atomic E-state index is 13.0. The van der Waals surface area contributed by atoms with E-state index in [1.807, 2.05) is 6.08 Å². The zero-order valence-electron chi connectivity index (χ0n) is 33.3. The van der Waals surface area contributed by atoms with Crippen molar-refractivity contribution in [2.24, 2.45) is 0 Å². The standard InChI is InChI=1S/C42H71NO13/c1-3-5-7-9-10-11-12-13-14-15-16-17-18-19-20-22-24-26-34(47)43-30(31(46)25-23-21-8-6-4-2)29-53-41-39(52)37(50)40(33(28-45)55-41)56-42-38(51)36(49)35(48)32(27-44)54-42/h5,7,10-11,13-14,16-17,23,25,30-33,35-42,44-46,48-52H,3-4,6,8-9,12,15,18-22,24,26-29H2,1-2H3,(H,43,47)/b7-5-,11-10-,14-13-,17-16-,25-23+. The van der Waals surface area contributed by atoms with Gasteiger partial charge < -0.3 is 65.1 Å². The van der Waals surface area contributed by atoms with Crippen LogP contribution < -0.4 is 5.32 Å². The average Bonchev–Trinajstić information content (AvgIpc) is 3.19. The molecule has 12 unspecified atom stereocenters. The van der Waals surface area contributed by atoms with Crippen LogP contribution >= 0.6 is 0 Å². The van der Waals surface area contributed by atoms with E-state index in [0.717, 1.165) is 77.0 Å². The highest BCUT2D eigenvalue weighted by Crippen LogP contribution is 2.29. The van der Waals surface area contributed by atoms with Crippen molar-refractivity contribution in [2.75, 3.05) is 19.8 Å². The number of ether oxygens (including phenoxy) is 4. The monoisotopic (exact) mass is 797 g/mol. The van der Waals surface area contributed by atoms with Crippen LogP contribution in [-0.2, 0) is 23.7 Å². The summed E-state index contributed by atoms with van der Waals surface area (Å²) < 4.78 is 22.4. The Balaban J connectivity index is 1.86. The third-order valence-electron chi connectivity index (χ3n) is 9.71. The normalized spacial score (nSPS) is 30.0. The van der Waals surface area contributed by atoms with E-state index in [4.69, 9.17) is 18.9 Å². The molecule has 9 N–H and O–H groups in total. The van der Waals surface area contributed by atoms with Crippen LogP contribution in [0.15, 0.2) is 60.8 Å². The molecule has 2 saturated heterocycles. The SMILES string of the molecule is CC/C=C\C/C=C\C/C=C\C/C=C\CCCCCCC(=O)NC(COC1OC(CO)C(OC2OC(CO)C(O)C(O)C2O)C(O)C1O)C(O)/C=C/CCCCC. The van der Waals surface area contributed by atoms with Gasteiger partial charge in [-0.15, -0.1) is 0 Å². The number of hydrogen-bond acceptors (Lipinski definition) is 13. The molecule has 14 heteroatoms. The van der Waals surface area contributed by atoms with Gasteiger partial charge in [-0.25, -0.2) is 0 Å². The Labute approximate surface area is 333 Å². The molecule has 0 aliphatic carbocycles. The fraction of sp³-hybridized carbons (Fsp3) is 0.738. The Kier molecular flexibility index (Phi) is 26.6. The number of aliphatic hydroxyl groups is 8. The Morgan fingerprint density at radius 2 is 1.23 bits per heavy atom. The molecule has 0 aromatic heterocycles. The van der Waals surface area contributed by atoms with Gasteiger partial charge in [-0.2, -0.15) is 0 Å². The molecule has 2 heterocycles. The molecule has 0 aromatic rings. The summed E-state index contributed by atoms with van der Waals surface area (Å²) in [4.78, 5) is 13.0. The predicted octanol–water partition coefficient (Wildman–Crippen LogP) is 2.76. The van der Waals surface area contributed by atoms with Crippen molar-refractivity contribution >= 4 is 5.91 Å². The molecule has 2 aliphatic rings. The number of amides is 1. The van der Waals surface area contributed by atoms with E-state index in [1.165, 1.54) is 0 Å². The molecule has 2 fully saturated rings. The lowest BCUT2D eigenvalue weighted by atomic mass is 9.97. The summed E-state index contributed by atoms with van der Waals surface area (Å²) in [6.45, 7) is 2.48. The fourth-order valence-corrected chi connectivity index (χ4v) is 6.28. The summed E-state index contributed by atoms with van der Waals surface area (Å²) in [6.07, 6.45) is 16.2. The molecule has 12 atom stereocenters. The molecule has 0 spiro atoms. The topological polar surface area (TPSA) is 228 Å². The van der Waals surface area contributed by atoms with Crippen LogP contribution in [0.1, 0.15) is 104 Å². The van der Waals surface area contributed by atoms with Gasteiger partial charge in [0.1, 0.15) is 48.8 Å². The zero-order chi connectivity index (χ0) is 41.1. The van der Waals surface area contributed by atoms with Crippen LogP contribution in [0.25, 0.3) is 0 Å². The number of rotatable bonds is 28. The minimum absolute atomic E-state index is 0.248. The minimum atomic E-state index is -1.79. The van der Waals surface area contributed by atoms with E-state index in [-0.39, 0.29) is 18.9 Å². The predicted molar refractivity (Wildman–Crippen MR) is 212 cm³/mol. The maximum Gasteiger partial charge on any atom is 0.220 e. The number of aliphatic hydroxyl groups excluding tert-OH is 8. The fourth-order valence-electron chi connectivity index (χ4n) is 6.28. The van der Waals surface area contributed by atoms with Crippen molar-refractivity contribution in [3.8, 4) is 0 Å². The molecule has 0 aromatic carbocycles. The summed E-state index contributed by atoms with van der Waals surface area (Å²) in [7, 11) is 0. The van der Waals surface area contributed by atoms with Gasteiger partial charge in [0.25, 0.3) is 0 Å². The van der Waals surface area contributed by atoms with Crippen LogP contribution in [0.3, 0.4) is 0 Å². The third kappa shape index (κ3) is 18.5. The molecule has 14 nitrogen and oxygen atoms in total. The van der Waals surface area contributed by atoms with Crippen LogP contribution in [0.4, 0.5) is 0 Å². The first-order valence-corrected chi connectivity index (χ1v) is 20.5. The van der Waals surface area contributed by atoms with E-state index in [1.54, 1.807) is 6.08 Å². The Hall–Kier alpha value is -2.31. The molecule has 0 saturated carbocycles. The van der Waals surface area contributed by atoms with Gasteiger partial charge >= 0.3 is 0 Å². The van der Waals surface area contributed by atoms with Crippen molar-refractivity contribution in [3.63, 3.8) is 0 Å². The first-order valence-electron chi connectivity index (χ1n) is 20.5. The lowest BCUT2D eigenvalue weighted by molar-refractivity contribution is -0.359. The number of hydrogen-bond donors (Lipinski definition) is 9. The van der Waals surface area contributed by atoms with E-state index in [2.05, 4.69) is 67.8 Å². The summed E-state index contributed by atoms with van der Waals surface area (Å²) in [5, 5.41) is 85.8. The average molecular weight is 798 g/mol. The number of allylic oxidation sites excluding steroid dienone is 9. The third-order valence-corrected chi connectivity index (χ3v) is 9.71. The van der Waals surface area contributed by atoms with Gasteiger partial charge in [-0.1, -0.05) is 100 Å². The van der Waals surface area contributed by atoms with Crippen molar-refractivity contribution in [1.29, 1.82) is 0 Å². The summed E-state index contributed by atoms with van der Waals surface area (Å²) >= 11 is 0. The van der Waals surface area contributed by atoms with Crippen LogP contribution in [0, 0.1) is 0 Å². The van der Waals surface area contributed by atoms with E-state index >= 15 is 0 Å². The number of carbonyl (C=O) groups is 1. The smallest absolute Gasteiger partial charge is 0.220 e. The zero-order valence-corrected chi connectivity index (χ0v) is 33.3. The van der Waals surface area contributed by atoms with Crippen LogP contribution in [0.2, 0.25) is 0 Å². The summed E-state index contributed by atoms with van der Waals surface area (Å²) in [5.41, 5.74) is 0. The Morgan fingerprint density at radius 1 is 0.661 bits per heavy atom. The van der Waals surface area contributed by atoms with Crippen molar-refractivity contribution in [2.45, 2.75) is 177 Å². The van der Waals surface area contributed by atoms with E-state index in [0.29, 0.717) is 6.42 Å². The molecular formula is C42H71NO13. The second-order valence-electron chi connectivity index (χ2n) is 14.4. The number of nitrogens with one attached hydrogen (secondary N) is 1. The first kappa shape index (κ1) is 49.8. The van der Waals surface area contributed by atoms with E-state index in [9.17, 15) is 45.6 Å². The molecule has 56 heavy (non-hydrogen) atoms. The first-order chi connectivity index (χ1) is 27.1. The summed E-state index contributed by atoms with van der Waals surface area (Å²) in [5.74, 6) is -0.276. The van der Waals surface area contributed by atoms with Crippen molar-refractivity contribution in [1.82, 2.24) is 5.32 Å². The molecule has 322 valence electrons. The van der Waals surface area contributed by atoms with Crippen molar-refractivity contribution in [3.05, 3.63) is 60.8 Å². The maximum atomic E-state index is 13.0. The van der Waals surface area contributed by atoms with Gasteiger partial charge in [-0.05, 0) is 57.8 Å². The number of unbranched alkanes of at least 4 members (excludes halogenated alkanes) is 7. The molecule has 0 bridgehead atoms. The van der Waals surface area contributed by atoms with Gasteiger partial charge in [0.2, 0.25) is 5.91 Å². The molecule has 0 radical (unpaired) electrons. The highest BCUT2D eigenvalue weighted by atomic mass is 16.7. The van der Waals surface area contributed by atoms with Crippen LogP contribution in [-0.4, -0.2) is 140 Å². The van der Waals surface area contributed by atoms with Crippen LogP contribution in [0.5, 0.6) is 0 Å². The van der Waals surface area contributed by atoms with Gasteiger partial charge in [-0.3, -0.25) is 4.79 Å².